The minimum absolute atomic E-state index is 0.0729. The van der Waals surface area contributed by atoms with Crippen LogP contribution < -0.4 is 5.73 Å². The largest absolute Gasteiger partial charge is 0.321 e. The summed E-state index contributed by atoms with van der Waals surface area (Å²) < 4.78 is 0. The molecule has 0 heterocycles. The number of rotatable bonds is 3. The molecule has 0 aromatic heterocycles. The monoisotopic (exact) mass is 100 g/mol. The minimum Gasteiger partial charge on any atom is -0.321 e. The Hall–Kier alpha value is -0.700. The summed E-state index contributed by atoms with van der Waals surface area (Å²) in [5, 5.41) is 0. The highest BCUT2D eigenvalue weighted by Gasteiger charge is 1.95. The molecule has 7 heavy (non-hydrogen) atoms. The van der Waals surface area contributed by atoms with E-state index < -0.39 is 6.04 Å². The highest BCUT2D eigenvalue weighted by atomic mass is 16.1. The van der Waals surface area contributed by atoms with Crippen LogP contribution in [0.1, 0.15) is 6.42 Å². The van der Waals surface area contributed by atoms with Crippen LogP contribution in [0.2, 0.25) is 0 Å². The molecule has 0 aromatic carbocycles. The normalized spacial score (nSPS) is 12.7. The summed E-state index contributed by atoms with van der Waals surface area (Å²) in [6.45, 7) is 0. The van der Waals surface area contributed by atoms with Gasteiger partial charge in [-0.3, -0.25) is 4.79 Å². The zero-order valence-electron chi connectivity index (χ0n) is 3.76. The smallest absolute Gasteiger partial charge is 0.217 e. The molecule has 0 aliphatic heterocycles. The Balaban J connectivity index is 3.15. The molecule has 0 spiro atoms. The van der Waals surface area contributed by atoms with Gasteiger partial charge in [-0.25, -0.2) is 0 Å². The number of nitrogens with two attached hydrogens (primary N) is 1. The Kier molecular flexibility index (Phi) is 3.14. The van der Waals surface area contributed by atoms with Gasteiger partial charge in [0, 0.05) is 6.42 Å². The van der Waals surface area contributed by atoms with E-state index in [1.54, 1.807) is 0 Å². The summed E-state index contributed by atoms with van der Waals surface area (Å²) in [5.74, 6) is 0. The van der Waals surface area contributed by atoms with Crippen molar-refractivity contribution in [3.63, 3.8) is 0 Å². The van der Waals surface area contributed by atoms with Gasteiger partial charge in [-0.1, -0.05) is 0 Å². The standard InChI is InChI=1S/C4H6NO2/c5-4(3-7)1-2-6/h2,4H,1,5H2. The zero-order valence-corrected chi connectivity index (χ0v) is 3.76. The van der Waals surface area contributed by atoms with E-state index in [2.05, 4.69) is 0 Å². The molecule has 1 radical (unpaired) electrons. The molecule has 0 aliphatic carbocycles. The van der Waals surface area contributed by atoms with Crippen molar-refractivity contribution < 1.29 is 9.59 Å². The summed E-state index contributed by atoms with van der Waals surface area (Å²) in [5.41, 5.74) is 4.93. The molecule has 0 bridgehead atoms. The highest BCUT2D eigenvalue weighted by molar-refractivity contribution is 5.65. The third-order valence-corrected chi connectivity index (χ3v) is 0.502. The van der Waals surface area contributed by atoms with Crippen LogP contribution in [-0.2, 0) is 9.59 Å². The quantitative estimate of drug-likeness (QED) is 0.463. The third kappa shape index (κ3) is 3.12. The lowest BCUT2D eigenvalue weighted by Crippen LogP contribution is -2.21. The number of aldehydes is 1. The first kappa shape index (κ1) is 6.30. The summed E-state index contributed by atoms with van der Waals surface area (Å²) in [6.07, 6.45) is 2.13. The van der Waals surface area contributed by atoms with Crippen molar-refractivity contribution >= 4 is 12.6 Å². The van der Waals surface area contributed by atoms with Crippen molar-refractivity contribution in [2.24, 2.45) is 5.73 Å². The number of carbonyl (C=O) groups excluding carboxylic acids is 2. The second-order valence-corrected chi connectivity index (χ2v) is 1.13. The van der Waals surface area contributed by atoms with Gasteiger partial charge >= 0.3 is 0 Å². The van der Waals surface area contributed by atoms with Crippen LogP contribution in [0, 0.1) is 0 Å². The maximum Gasteiger partial charge on any atom is 0.217 e. The van der Waals surface area contributed by atoms with Gasteiger partial charge in [0.15, 0.2) is 0 Å². The fraction of sp³-hybridized carbons (Fsp3) is 0.500. The minimum atomic E-state index is -0.725. The first-order valence-corrected chi connectivity index (χ1v) is 1.88. The van der Waals surface area contributed by atoms with Crippen molar-refractivity contribution in [1.29, 1.82) is 0 Å². The number of hydrogen-bond acceptors (Lipinski definition) is 3. The van der Waals surface area contributed by atoms with Crippen LogP contribution in [0.5, 0.6) is 0 Å². The Morgan fingerprint density at radius 1 is 1.86 bits per heavy atom. The Morgan fingerprint density at radius 2 is 2.43 bits per heavy atom. The van der Waals surface area contributed by atoms with Crippen LogP contribution >= 0.6 is 0 Å². The maximum absolute atomic E-state index is 9.52. The van der Waals surface area contributed by atoms with Crippen LogP contribution in [0.25, 0.3) is 0 Å². The molecule has 3 heteroatoms. The number of hydrogen-bond donors (Lipinski definition) is 1. The van der Waals surface area contributed by atoms with Gasteiger partial charge in [0.25, 0.3) is 0 Å². The molecule has 0 aliphatic rings. The van der Waals surface area contributed by atoms with Crippen molar-refractivity contribution in [1.82, 2.24) is 0 Å². The van der Waals surface area contributed by atoms with Gasteiger partial charge in [-0.2, -0.15) is 0 Å². The molecule has 39 valence electrons. The third-order valence-electron chi connectivity index (χ3n) is 0.502. The highest BCUT2D eigenvalue weighted by Crippen LogP contribution is 1.73. The van der Waals surface area contributed by atoms with E-state index in [-0.39, 0.29) is 6.42 Å². The van der Waals surface area contributed by atoms with Crippen molar-refractivity contribution in [2.75, 3.05) is 0 Å². The Labute approximate surface area is 41.5 Å². The maximum atomic E-state index is 9.52. The molecule has 2 N–H and O–H groups in total. The average molecular weight is 100 g/mol. The predicted octanol–water partition coefficient (Wildman–Crippen LogP) is -0.988. The lowest BCUT2D eigenvalue weighted by atomic mass is 10.3. The molecule has 1 unspecified atom stereocenters. The summed E-state index contributed by atoms with van der Waals surface area (Å²) in [6, 6.07) is -0.725. The van der Waals surface area contributed by atoms with Gasteiger partial charge < -0.3 is 10.5 Å². The fourth-order valence-corrected chi connectivity index (χ4v) is 0.152. The lowest BCUT2D eigenvalue weighted by Gasteiger charge is -1.88. The van der Waals surface area contributed by atoms with E-state index in [1.165, 1.54) is 6.29 Å². The van der Waals surface area contributed by atoms with E-state index in [1.807, 2.05) is 0 Å². The first-order valence-electron chi connectivity index (χ1n) is 1.88. The van der Waals surface area contributed by atoms with Gasteiger partial charge in [0.05, 0.1) is 6.04 Å². The topological polar surface area (TPSA) is 60.2 Å². The molecule has 1 atom stereocenters. The summed E-state index contributed by atoms with van der Waals surface area (Å²) in [7, 11) is 0. The van der Waals surface area contributed by atoms with Crippen molar-refractivity contribution in [3.05, 3.63) is 0 Å². The summed E-state index contributed by atoms with van der Waals surface area (Å²) in [4.78, 5) is 19.0. The van der Waals surface area contributed by atoms with Crippen molar-refractivity contribution in [2.45, 2.75) is 12.5 Å². The molecule has 0 rings (SSSR count). The van der Waals surface area contributed by atoms with Crippen LogP contribution in [0.15, 0.2) is 0 Å². The van der Waals surface area contributed by atoms with Crippen molar-refractivity contribution in [3.8, 4) is 0 Å². The number of carbonyl (C=O) groups is 1. The summed E-state index contributed by atoms with van der Waals surface area (Å²) >= 11 is 0. The van der Waals surface area contributed by atoms with Crippen LogP contribution in [0.4, 0.5) is 0 Å². The molecule has 0 saturated carbocycles. The second-order valence-electron chi connectivity index (χ2n) is 1.13. The van der Waals surface area contributed by atoms with E-state index in [9.17, 15) is 9.59 Å². The van der Waals surface area contributed by atoms with Gasteiger partial charge in [0.1, 0.15) is 6.29 Å². The first-order chi connectivity index (χ1) is 3.31. The lowest BCUT2D eigenvalue weighted by molar-refractivity contribution is -0.107. The molecular weight excluding hydrogens is 94.0 g/mol. The van der Waals surface area contributed by atoms with Gasteiger partial charge in [-0.15, -0.1) is 0 Å². The molecule has 0 aromatic rings. The van der Waals surface area contributed by atoms with E-state index in [0.29, 0.717) is 6.29 Å². The molecular formula is C4H6NO2. The van der Waals surface area contributed by atoms with E-state index in [4.69, 9.17) is 5.73 Å². The fourth-order valence-electron chi connectivity index (χ4n) is 0.152. The van der Waals surface area contributed by atoms with E-state index in [0.717, 1.165) is 0 Å². The second kappa shape index (κ2) is 3.49. The molecule has 0 amide bonds. The van der Waals surface area contributed by atoms with E-state index >= 15 is 0 Å². The SMILES string of the molecule is NC([C]=O)CC=O. The molecule has 0 saturated heterocycles. The van der Waals surface area contributed by atoms with Gasteiger partial charge in [-0.05, 0) is 0 Å². The Morgan fingerprint density at radius 3 is 2.57 bits per heavy atom. The molecule has 3 nitrogen and oxygen atoms in total. The van der Waals surface area contributed by atoms with Crippen LogP contribution in [0.3, 0.4) is 0 Å². The Bertz CT molecular complexity index is 72.1. The average Bonchev–Trinajstić information content (AvgIpc) is 1.68. The zero-order chi connectivity index (χ0) is 5.70. The van der Waals surface area contributed by atoms with Crippen LogP contribution in [-0.4, -0.2) is 18.6 Å². The van der Waals surface area contributed by atoms with Gasteiger partial charge in [0.2, 0.25) is 6.29 Å². The molecule has 0 fully saturated rings. The predicted molar refractivity (Wildman–Crippen MR) is 24.3 cm³/mol.